The molecule has 0 spiro atoms. The van der Waals surface area contributed by atoms with Crippen LogP contribution in [0.5, 0.6) is 0 Å². The molecule has 132 valence electrons. The minimum Gasteiger partial charge on any atom is -0.355 e. The summed E-state index contributed by atoms with van der Waals surface area (Å²) in [5.74, 6) is 0.742. The minimum absolute atomic E-state index is 0.117. The summed E-state index contributed by atoms with van der Waals surface area (Å²) in [6.45, 7) is 15.1. The normalized spacial score (nSPS) is 25.2. The van der Waals surface area contributed by atoms with Crippen LogP contribution in [-0.4, -0.2) is 29.3 Å². The number of ether oxygens (including phenoxy) is 1. The molecular formula is C20H41NO. The smallest absolute Gasteiger partial charge is 0.111 e. The highest BCUT2D eigenvalue weighted by Gasteiger charge is 2.51. The van der Waals surface area contributed by atoms with Crippen LogP contribution < -0.4 is 0 Å². The van der Waals surface area contributed by atoms with E-state index in [2.05, 4.69) is 46.4 Å². The predicted octanol–water partition coefficient (Wildman–Crippen LogP) is 6.00. The van der Waals surface area contributed by atoms with E-state index in [0.717, 1.165) is 12.3 Å². The van der Waals surface area contributed by atoms with Crippen molar-refractivity contribution in [3.63, 3.8) is 0 Å². The largest absolute Gasteiger partial charge is 0.355 e. The van der Waals surface area contributed by atoms with Crippen molar-refractivity contribution in [2.45, 2.75) is 117 Å². The zero-order chi connectivity index (χ0) is 16.6. The van der Waals surface area contributed by atoms with Gasteiger partial charge in [-0.2, -0.15) is 0 Å². The molecule has 0 bridgehead atoms. The van der Waals surface area contributed by atoms with E-state index in [1.54, 1.807) is 0 Å². The van der Waals surface area contributed by atoms with Crippen LogP contribution in [0.15, 0.2) is 0 Å². The second kappa shape index (κ2) is 9.93. The van der Waals surface area contributed by atoms with Crippen LogP contribution in [0.2, 0.25) is 0 Å². The molecule has 0 saturated carbocycles. The second-order valence-corrected chi connectivity index (χ2v) is 7.64. The summed E-state index contributed by atoms with van der Waals surface area (Å²) in [6, 6.07) is 0.621. The lowest BCUT2D eigenvalue weighted by Crippen LogP contribution is -2.47. The summed E-state index contributed by atoms with van der Waals surface area (Å²) < 4.78 is 6.81. The Morgan fingerprint density at radius 1 is 0.955 bits per heavy atom. The third-order valence-electron chi connectivity index (χ3n) is 5.18. The molecule has 1 aliphatic heterocycles. The highest BCUT2D eigenvalue weighted by atomic mass is 16.5. The molecule has 0 radical (unpaired) electrons. The molecule has 0 aliphatic carbocycles. The van der Waals surface area contributed by atoms with Gasteiger partial charge in [-0.1, -0.05) is 67.2 Å². The van der Waals surface area contributed by atoms with Gasteiger partial charge in [0.05, 0.1) is 5.60 Å². The maximum Gasteiger partial charge on any atom is 0.111 e. The zero-order valence-corrected chi connectivity index (χ0v) is 16.2. The Hall–Kier alpha value is -0.0800. The summed E-state index contributed by atoms with van der Waals surface area (Å²) in [6.07, 6.45) is 11.6. The van der Waals surface area contributed by atoms with Crippen LogP contribution in [-0.2, 0) is 4.74 Å². The number of rotatable bonds is 11. The lowest BCUT2D eigenvalue weighted by atomic mass is 9.80. The van der Waals surface area contributed by atoms with Gasteiger partial charge < -0.3 is 4.74 Å². The van der Waals surface area contributed by atoms with E-state index < -0.39 is 0 Å². The lowest BCUT2D eigenvalue weighted by Gasteiger charge is -2.38. The molecule has 2 heteroatoms. The summed E-state index contributed by atoms with van der Waals surface area (Å²) >= 11 is 0. The highest BCUT2D eigenvalue weighted by molar-refractivity contribution is 5.01. The van der Waals surface area contributed by atoms with E-state index in [0.29, 0.717) is 12.3 Å². The molecule has 22 heavy (non-hydrogen) atoms. The molecule has 2 atom stereocenters. The van der Waals surface area contributed by atoms with Crippen molar-refractivity contribution in [1.29, 1.82) is 0 Å². The van der Waals surface area contributed by atoms with Gasteiger partial charge in [0.15, 0.2) is 0 Å². The van der Waals surface area contributed by atoms with E-state index >= 15 is 0 Å². The topological polar surface area (TPSA) is 12.5 Å². The fraction of sp³-hybridized carbons (Fsp3) is 1.00. The van der Waals surface area contributed by atoms with Crippen molar-refractivity contribution in [2.75, 3.05) is 6.54 Å². The van der Waals surface area contributed by atoms with Crippen LogP contribution >= 0.6 is 0 Å². The SMILES string of the molecule is CCCCC1(CCCC)O[C@@H](CC)N(CCC)[C@H]1CC(C)C. The van der Waals surface area contributed by atoms with Crippen molar-refractivity contribution in [3.8, 4) is 0 Å². The van der Waals surface area contributed by atoms with Crippen LogP contribution in [0.1, 0.15) is 99.3 Å². The molecule has 1 saturated heterocycles. The Bertz CT molecular complexity index is 281. The fourth-order valence-electron chi connectivity index (χ4n) is 4.12. The van der Waals surface area contributed by atoms with Crippen LogP contribution in [0.3, 0.4) is 0 Å². The molecule has 1 heterocycles. The van der Waals surface area contributed by atoms with Gasteiger partial charge in [-0.05, 0) is 38.0 Å². The molecule has 1 aliphatic rings. The van der Waals surface area contributed by atoms with Crippen molar-refractivity contribution >= 4 is 0 Å². The molecule has 2 nitrogen and oxygen atoms in total. The third kappa shape index (κ3) is 4.96. The number of unbranched alkanes of at least 4 members (excludes halogenated alkanes) is 2. The molecule has 0 unspecified atom stereocenters. The molecular weight excluding hydrogens is 270 g/mol. The monoisotopic (exact) mass is 311 g/mol. The average Bonchev–Trinajstić information content (AvgIpc) is 2.77. The van der Waals surface area contributed by atoms with Gasteiger partial charge in [-0.25, -0.2) is 0 Å². The van der Waals surface area contributed by atoms with Crippen LogP contribution in [0.25, 0.3) is 0 Å². The molecule has 0 amide bonds. The predicted molar refractivity (Wildman–Crippen MR) is 97.2 cm³/mol. The van der Waals surface area contributed by atoms with E-state index in [1.807, 2.05) is 0 Å². The van der Waals surface area contributed by atoms with E-state index in [1.165, 1.54) is 57.9 Å². The van der Waals surface area contributed by atoms with Crippen molar-refractivity contribution in [1.82, 2.24) is 4.90 Å². The van der Waals surface area contributed by atoms with Crippen molar-refractivity contribution in [3.05, 3.63) is 0 Å². The Morgan fingerprint density at radius 2 is 1.55 bits per heavy atom. The van der Waals surface area contributed by atoms with Gasteiger partial charge >= 0.3 is 0 Å². The van der Waals surface area contributed by atoms with E-state index in [-0.39, 0.29) is 5.60 Å². The number of hydrogen-bond donors (Lipinski definition) is 0. The first-order chi connectivity index (χ1) is 10.5. The van der Waals surface area contributed by atoms with Gasteiger partial charge in [0.1, 0.15) is 6.23 Å². The van der Waals surface area contributed by atoms with Crippen LogP contribution in [0, 0.1) is 5.92 Å². The zero-order valence-electron chi connectivity index (χ0n) is 16.2. The molecule has 0 aromatic carbocycles. The van der Waals surface area contributed by atoms with Crippen molar-refractivity contribution < 1.29 is 4.74 Å². The van der Waals surface area contributed by atoms with Crippen molar-refractivity contribution in [2.24, 2.45) is 5.92 Å². The maximum atomic E-state index is 6.81. The highest BCUT2D eigenvalue weighted by Crippen LogP contribution is 2.43. The molecule has 0 aromatic heterocycles. The maximum absolute atomic E-state index is 6.81. The Kier molecular flexibility index (Phi) is 9.01. The summed E-state index contributed by atoms with van der Waals surface area (Å²) in [5, 5.41) is 0. The third-order valence-corrected chi connectivity index (χ3v) is 5.18. The van der Waals surface area contributed by atoms with Gasteiger partial charge in [-0.15, -0.1) is 0 Å². The Morgan fingerprint density at radius 3 is 1.95 bits per heavy atom. The quantitative estimate of drug-likeness (QED) is 0.464. The first-order valence-electron chi connectivity index (χ1n) is 9.98. The first kappa shape index (κ1) is 20.0. The number of nitrogens with zero attached hydrogens (tertiary/aromatic N) is 1. The summed E-state index contributed by atoms with van der Waals surface area (Å²) in [5.41, 5.74) is 0.117. The van der Waals surface area contributed by atoms with Gasteiger partial charge in [0.2, 0.25) is 0 Å². The molecule has 1 rings (SSSR count). The minimum atomic E-state index is 0.117. The average molecular weight is 312 g/mol. The Labute approximate surface area is 140 Å². The lowest BCUT2D eigenvalue weighted by molar-refractivity contribution is -0.0727. The fourth-order valence-corrected chi connectivity index (χ4v) is 4.12. The molecule has 0 N–H and O–H groups in total. The number of hydrogen-bond acceptors (Lipinski definition) is 2. The molecule has 0 aromatic rings. The van der Waals surface area contributed by atoms with Gasteiger partial charge in [0, 0.05) is 12.6 Å². The van der Waals surface area contributed by atoms with Gasteiger partial charge in [-0.3, -0.25) is 4.90 Å². The van der Waals surface area contributed by atoms with Gasteiger partial charge in [0.25, 0.3) is 0 Å². The summed E-state index contributed by atoms with van der Waals surface area (Å²) in [7, 11) is 0. The van der Waals surface area contributed by atoms with E-state index in [9.17, 15) is 0 Å². The standard InChI is InChI=1S/C20H41NO/c1-7-11-13-20(14-12-8-2)18(16-17(5)6)21(15-9-3)19(10-4)22-20/h17-19H,7-16H2,1-6H3/t18-,19-/m0/s1. The van der Waals surface area contributed by atoms with E-state index in [4.69, 9.17) is 4.74 Å². The summed E-state index contributed by atoms with van der Waals surface area (Å²) in [4.78, 5) is 2.71. The first-order valence-corrected chi connectivity index (χ1v) is 9.98. The Balaban J connectivity index is 3.04. The second-order valence-electron chi connectivity index (χ2n) is 7.64. The van der Waals surface area contributed by atoms with Crippen LogP contribution in [0.4, 0.5) is 0 Å². The molecule has 1 fully saturated rings.